The van der Waals surface area contributed by atoms with Crippen LogP contribution in [0.1, 0.15) is 21.8 Å². The second-order valence-electron chi connectivity index (χ2n) is 6.59. The number of benzene rings is 2. The van der Waals surface area contributed by atoms with Gasteiger partial charge in [0.25, 0.3) is 5.91 Å². The van der Waals surface area contributed by atoms with Crippen LogP contribution in [0.3, 0.4) is 0 Å². The number of thioether (sulfide) groups is 1. The van der Waals surface area contributed by atoms with Gasteiger partial charge in [-0.15, -0.1) is 11.3 Å². The average molecular weight is 475 g/mol. The molecule has 160 valence electrons. The zero-order valence-corrected chi connectivity index (χ0v) is 19.4. The number of nitrogens with zero attached hydrogens (tertiary/aromatic N) is 1. The summed E-state index contributed by atoms with van der Waals surface area (Å²) in [5.41, 5.74) is 2.86. The summed E-state index contributed by atoms with van der Waals surface area (Å²) in [5, 5.41) is 6.11. The normalized spacial score (nSPS) is 11.0. The highest BCUT2D eigenvalue weighted by Gasteiger charge is 2.23. The Bertz CT molecular complexity index is 1250. The summed E-state index contributed by atoms with van der Waals surface area (Å²) in [5.74, 6) is 1.29. The Labute approximate surface area is 192 Å². The average Bonchev–Trinajstić information content (AvgIpc) is 3.35. The summed E-state index contributed by atoms with van der Waals surface area (Å²) < 4.78 is 17.5. The maximum atomic E-state index is 13.2. The Balaban J connectivity index is 1.67. The van der Waals surface area contributed by atoms with E-state index in [1.807, 2.05) is 36.6 Å². The van der Waals surface area contributed by atoms with Crippen LogP contribution >= 0.6 is 34.7 Å². The van der Waals surface area contributed by atoms with Gasteiger partial charge < -0.3 is 19.2 Å². The van der Waals surface area contributed by atoms with E-state index < -0.39 is 0 Å². The fourth-order valence-corrected chi connectivity index (χ4v) is 5.21. The van der Waals surface area contributed by atoms with Crippen LogP contribution in [0.25, 0.3) is 11.0 Å². The number of hydrogen-bond donors (Lipinski definition) is 1. The summed E-state index contributed by atoms with van der Waals surface area (Å²) in [6.07, 6.45) is 0. The van der Waals surface area contributed by atoms with Crippen LogP contribution in [-0.4, -0.2) is 25.1 Å². The molecular weight excluding hydrogens is 456 g/mol. The molecule has 31 heavy (non-hydrogen) atoms. The molecule has 0 unspecified atom stereocenters. The molecule has 1 amide bonds. The highest BCUT2D eigenvalue weighted by atomic mass is 35.5. The Morgan fingerprint density at radius 2 is 2.00 bits per heavy atom. The monoisotopic (exact) mass is 474 g/mol. The van der Waals surface area contributed by atoms with Crippen LogP contribution in [0.5, 0.6) is 11.5 Å². The van der Waals surface area contributed by atoms with Gasteiger partial charge in [-0.3, -0.25) is 4.79 Å². The highest BCUT2D eigenvalue weighted by Crippen LogP contribution is 2.37. The summed E-state index contributed by atoms with van der Waals surface area (Å²) in [7, 11) is 3.03. The first-order chi connectivity index (χ1) is 15.0. The number of ether oxygens (including phenoxy) is 2. The first-order valence-corrected chi connectivity index (χ1v) is 11.5. The molecule has 9 heteroatoms. The molecular formula is C22H19ClN2O4S2. The van der Waals surface area contributed by atoms with Gasteiger partial charge in [-0.25, -0.2) is 4.98 Å². The van der Waals surface area contributed by atoms with Crippen molar-refractivity contribution in [2.24, 2.45) is 0 Å². The molecule has 6 nitrogen and oxygen atoms in total. The van der Waals surface area contributed by atoms with E-state index in [9.17, 15) is 4.79 Å². The van der Waals surface area contributed by atoms with Gasteiger partial charge in [-0.05, 0) is 19.1 Å². The number of carbonyl (C=O) groups excluding carboxylic acids is 1. The molecule has 0 fully saturated rings. The lowest BCUT2D eigenvalue weighted by Crippen LogP contribution is -2.13. The van der Waals surface area contributed by atoms with Gasteiger partial charge in [0.15, 0.2) is 5.76 Å². The molecule has 2 aromatic carbocycles. The lowest BCUT2D eigenvalue weighted by molar-refractivity contribution is 0.0997. The predicted molar refractivity (Wildman–Crippen MR) is 125 cm³/mol. The maximum Gasteiger partial charge on any atom is 0.291 e. The molecule has 0 spiro atoms. The predicted octanol–water partition coefficient (Wildman–Crippen LogP) is 6.41. The topological polar surface area (TPSA) is 73.6 Å². The molecule has 0 aliphatic heterocycles. The third-order valence-corrected chi connectivity index (χ3v) is 7.03. The van der Waals surface area contributed by atoms with Gasteiger partial charge >= 0.3 is 0 Å². The Kier molecular flexibility index (Phi) is 6.41. The molecule has 0 atom stereocenters. The molecule has 0 aliphatic rings. The lowest BCUT2D eigenvalue weighted by atomic mass is 10.1. The fourth-order valence-electron chi connectivity index (χ4n) is 3.09. The molecule has 4 aromatic rings. The molecule has 4 rings (SSSR count). The van der Waals surface area contributed by atoms with E-state index in [1.54, 1.807) is 35.2 Å². The van der Waals surface area contributed by atoms with Crippen molar-refractivity contribution in [2.45, 2.75) is 17.0 Å². The van der Waals surface area contributed by atoms with Crippen molar-refractivity contribution >= 4 is 57.3 Å². The van der Waals surface area contributed by atoms with Crippen molar-refractivity contribution in [1.29, 1.82) is 0 Å². The maximum absolute atomic E-state index is 13.2. The van der Waals surface area contributed by atoms with E-state index in [2.05, 4.69) is 10.3 Å². The van der Waals surface area contributed by atoms with Crippen LogP contribution in [-0.2, 0) is 5.75 Å². The van der Waals surface area contributed by atoms with Gasteiger partial charge in [0.1, 0.15) is 21.4 Å². The fraction of sp³-hybridized carbons (Fsp3) is 0.182. The number of hydrogen-bond acceptors (Lipinski definition) is 7. The number of amides is 1. The van der Waals surface area contributed by atoms with Crippen LogP contribution in [0, 0.1) is 6.92 Å². The first-order valence-electron chi connectivity index (χ1n) is 9.28. The quantitative estimate of drug-likeness (QED) is 0.312. The Hall–Kier alpha value is -2.68. The first kappa shape index (κ1) is 21.5. The number of methoxy groups -OCH3 is 2. The van der Waals surface area contributed by atoms with E-state index in [0.29, 0.717) is 33.5 Å². The standard InChI is InChI=1S/C22H19ClN2O4S2/c1-12-10-30-22(24-12)31-11-14-13-6-4-5-7-17(13)29-20(14)21(26)25-16-8-15(23)18(27-2)9-19(16)28-3/h4-10H,11H2,1-3H3,(H,25,26). The highest BCUT2D eigenvalue weighted by molar-refractivity contribution is 8.00. The number of aromatic nitrogens is 1. The third kappa shape index (κ3) is 4.51. The minimum Gasteiger partial charge on any atom is -0.495 e. The number of nitrogens with one attached hydrogen (secondary N) is 1. The minimum atomic E-state index is -0.387. The number of furan rings is 1. The third-order valence-electron chi connectivity index (χ3n) is 4.56. The van der Waals surface area contributed by atoms with Gasteiger partial charge in [-0.1, -0.05) is 41.6 Å². The number of thiazole rings is 1. The van der Waals surface area contributed by atoms with Crippen molar-refractivity contribution in [3.63, 3.8) is 0 Å². The molecule has 0 saturated carbocycles. The van der Waals surface area contributed by atoms with Crippen molar-refractivity contribution in [1.82, 2.24) is 4.98 Å². The molecule has 1 N–H and O–H groups in total. The number of carbonyl (C=O) groups is 1. The van der Waals surface area contributed by atoms with Gasteiger partial charge in [0.2, 0.25) is 0 Å². The van der Waals surface area contributed by atoms with Crippen LogP contribution in [0.15, 0.2) is 50.5 Å². The molecule has 0 bridgehead atoms. The summed E-state index contributed by atoms with van der Waals surface area (Å²) in [6.45, 7) is 1.96. The van der Waals surface area contributed by atoms with E-state index in [-0.39, 0.29) is 11.7 Å². The number of rotatable bonds is 7. The molecule has 0 saturated heterocycles. The lowest BCUT2D eigenvalue weighted by Gasteiger charge is -2.13. The molecule has 2 aromatic heterocycles. The summed E-state index contributed by atoms with van der Waals surface area (Å²) in [6, 6.07) is 10.8. The summed E-state index contributed by atoms with van der Waals surface area (Å²) in [4.78, 5) is 17.7. The SMILES string of the molecule is COc1cc(OC)c(NC(=O)c2oc3ccccc3c2CSc2nc(C)cs2)cc1Cl. The van der Waals surface area contributed by atoms with Gasteiger partial charge in [-0.2, -0.15) is 0 Å². The number of fused-ring (bicyclic) bond motifs is 1. The number of para-hydroxylation sites is 1. The zero-order chi connectivity index (χ0) is 22.0. The van der Waals surface area contributed by atoms with E-state index in [0.717, 1.165) is 21.0 Å². The molecule has 2 heterocycles. The Morgan fingerprint density at radius 3 is 2.71 bits per heavy atom. The Morgan fingerprint density at radius 1 is 1.23 bits per heavy atom. The van der Waals surface area contributed by atoms with Crippen molar-refractivity contribution in [2.75, 3.05) is 19.5 Å². The van der Waals surface area contributed by atoms with Crippen molar-refractivity contribution in [3.05, 3.63) is 63.8 Å². The number of aryl methyl sites for hydroxylation is 1. The summed E-state index contributed by atoms with van der Waals surface area (Å²) >= 11 is 9.39. The second kappa shape index (κ2) is 9.21. The van der Waals surface area contributed by atoms with E-state index in [4.69, 9.17) is 25.5 Å². The van der Waals surface area contributed by atoms with E-state index in [1.165, 1.54) is 14.2 Å². The van der Waals surface area contributed by atoms with Gasteiger partial charge in [0.05, 0.1) is 24.9 Å². The minimum absolute atomic E-state index is 0.246. The van der Waals surface area contributed by atoms with Crippen molar-refractivity contribution < 1.29 is 18.7 Å². The zero-order valence-electron chi connectivity index (χ0n) is 17.0. The number of halogens is 1. The van der Waals surface area contributed by atoms with E-state index >= 15 is 0 Å². The smallest absolute Gasteiger partial charge is 0.291 e. The van der Waals surface area contributed by atoms with Gasteiger partial charge in [0, 0.05) is 33.8 Å². The number of anilines is 1. The molecule has 0 radical (unpaired) electrons. The van der Waals surface area contributed by atoms with Crippen LogP contribution in [0.2, 0.25) is 5.02 Å². The van der Waals surface area contributed by atoms with Crippen molar-refractivity contribution in [3.8, 4) is 11.5 Å². The van der Waals surface area contributed by atoms with Crippen LogP contribution in [0.4, 0.5) is 5.69 Å². The molecule has 0 aliphatic carbocycles. The largest absolute Gasteiger partial charge is 0.495 e. The second-order valence-corrected chi connectivity index (χ2v) is 9.08. The van der Waals surface area contributed by atoms with Crippen LogP contribution < -0.4 is 14.8 Å².